The molecular formula is C8H12N2O3S. The summed E-state index contributed by atoms with van der Waals surface area (Å²) in [6.07, 6.45) is 1.17. The number of rotatable bonds is 3. The van der Waals surface area contributed by atoms with Gasteiger partial charge in [0.25, 0.3) is 0 Å². The quantitative estimate of drug-likeness (QED) is 0.750. The maximum atomic E-state index is 11.5. The number of sulfonamides is 1. The molecule has 0 aliphatic heterocycles. The molecule has 0 aliphatic rings. The number of hydrogen-bond donors (Lipinski definition) is 2. The summed E-state index contributed by atoms with van der Waals surface area (Å²) in [5, 5.41) is 0. The van der Waals surface area contributed by atoms with E-state index in [1.54, 1.807) is 13.8 Å². The first kappa shape index (κ1) is 10.9. The van der Waals surface area contributed by atoms with Crippen LogP contribution in [-0.4, -0.2) is 19.4 Å². The van der Waals surface area contributed by atoms with Gasteiger partial charge in [0.1, 0.15) is 0 Å². The van der Waals surface area contributed by atoms with Crippen LogP contribution in [0, 0.1) is 0 Å². The molecule has 1 aromatic heterocycles. The van der Waals surface area contributed by atoms with E-state index in [-0.39, 0.29) is 16.5 Å². The summed E-state index contributed by atoms with van der Waals surface area (Å²) in [6.45, 7) is 3.45. The van der Waals surface area contributed by atoms with Crippen molar-refractivity contribution in [3.63, 3.8) is 0 Å². The molecule has 0 aromatic carbocycles. The minimum atomic E-state index is -3.50. The molecule has 2 N–H and O–H groups in total. The van der Waals surface area contributed by atoms with Crippen molar-refractivity contribution in [2.45, 2.75) is 24.8 Å². The van der Waals surface area contributed by atoms with E-state index in [1.165, 1.54) is 18.3 Å². The highest BCUT2D eigenvalue weighted by Gasteiger charge is 2.14. The van der Waals surface area contributed by atoms with Crippen LogP contribution in [0.5, 0.6) is 0 Å². The van der Waals surface area contributed by atoms with Gasteiger partial charge in [0.05, 0.1) is 4.90 Å². The Hall–Kier alpha value is -1.14. The summed E-state index contributed by atoms with van der Waals surface area (Å²) < 4.78 is 25.4. The molecule has 0 saturated carbocycles. The second kappa shape index (κ2) is 3.93. The standard InChI is InChI=1S/C8H12N2O3S/c1-6(2)10-14(12,13)7-3-4-8(11)9-5-7/h3-6,10H,1-2H3,(H,9,11). The average molecular weight is 216 g/mol. The minimum absolute atomic E-state index is 0.0609. The van der Waals surface area contributed by atoms with Crippen LogP contribution in [0.2, 0.25) is 0 Å². The average Bonchev–Trinajstić information content (AvgIpc) is 2.02. The molecule has 0 bridgehead atoms. The van der Waals surface area contributed by atoms with Crippen LogP contribution in [0.1, 0.15) is 13.8 Å². The third-order valence-electron chi connectivity index (χ3n) is 1.46. The third-order valence-corrected chi connectivity index (χ3v) is 3.11. The summed E-state index contributed by atoms with van der Waals surface area (Å²) in [4.78, 5) is 13.1. The van der Waals surface area contributed by atoms with Crippen molar-refractivity contribution in [1.29, 1.82) is 0 Å². The van der Waals surface area contributed by atoms with Gasteiger partial charge < -0.3 is 4.98 Å². The van der Waals surface area contributed by atoms with Gasteiger partial charge >= 0.3 is 0 Å². The third kappa shape index (κ3) is 2.68. The largest absolute Gasteiger partial charge is 0.328 e. The lowest BCUT2D eigenvalue weighted by Crippen LogP contribution is -2.30. The smallest absolute Gasteiger partial charge is 0.247 e. The van der Waals surface area contributed by atoms with Crippen LogP contribution >= 0.6 is 0 Å². The summed E-state index contributed by atoms with van der Waals surface area (Å²) >= 11 is 0. The number of nitrogens with one attached hydrogen (secondary N) is 2. The van der Waals surface area contributed by atoms with Crippen molar-refractivity contribution in [2.24, 2.45) is 0 Å². The van der Waals surface area contributed by atoms with Crippen molar-refractivity contribution < 1.29 is 8.42 Å². The van der Waals surface area contributed by atoms with E-state index in [1.807, 2.05) is 0 Å². The van der Waals surface area contributed by atoms with Crippen molar-refractivity contribution in [1.82, 2.24) is 9.71 Å². The van der Waals surface area contributed by atoms with Gasteiger partial charge in [0, 0.05) is 18.3 Å². The van der Waals surface area contributed by atoms with Crippen LogP contribution in [0.3, 0.4) is 0 Å². The minimum Gasteiger partial charge on any atom is -0.328 e. The molecule has 1 heterocycles. The Labute approximate surface area is 82.2 Å². The predicted octanol–water partition coefficient (Wildman–Crippen LogP) is 0.0616. The number of pyridine rings is 1. The Morgan fingerprint density at radius 1 is 1.36 bits per heavy atom. The van der Waals surface area contributed by atoms with E-state index < -0.39 is 10.0 Å². The zero-order valence-electron chi connectivity index (χ0n) is 7.94. The van der Waals surface area contributed by atoms with E-state index in [0.717, 1.165) is 0 Å². The molecule has 0 atom stereocenters. The SMILES string of the molecule is CC(C)NS(=O)(=O)c1ccc(=O)[nH]c1. The topological polar surface area (TPSA) is 79.0 Å². The molecule has 0 spiro atoms. The molecule has 0 radical (unpaired) electrons. The zero-order chi connectivity index (χ0) is 10.8. The van der Waals surface area contributed by atoms with E-state index in [0.29, 0.717) is 0 Å². The fraction of sp³-hybridized carbons (Fsp3) is 0.375. The first-order valence-corrected chi connectivity index (χ1v) is 5.61. The van der Waals surface area contributed by atoms with E-state index in [9.17, 15) is 13.2 Å². The highest BCUT2D eigenvalue weighted by Crippen LogP contribution is 2.04. The van der Waals surface area contributed by atoms with Gasteiger partial charge in [-0.1, -0.05) is 0 Å². The molecule has 1 aromatic rings. The first-order valence-electron chi connectivity index (χ1n) is 4.13. The van der Waals surface area contributed by atoms with Crippen molar-refractivity contribution in [3.05, 3.63) is 28.7 Å². The summed E-state index contributed by atoms with van der Waals surface area (Å²) in [6, 6.07) is 2.27. The second-order valence-electron chi connectivity index (χ2n) is 3.16. The van der Waals surface area contributed by atoms with Gasteiger partial charge in [0.15, 0.2) is 0 Å². The Balaban J connectivity index is 3.05. The van der Waals surface area contributed by atoms with Gasteiger partial charge in [-0.2, -0.15) is 0 Å². The van der Waals surface area contributed by atoms with Crippen LogP contribution < -0.4 is 10.3 Å². The Morgan fingerprint density at radius 2 is 2.00 bits per heavy atom. The first-order chi connectivity index (χ1) is 6.42. The van der Waals surface area contributed by atoms with Gasteiger partial charge in [0.2, 0.25) is 15.6 Å². The van der Waals surface area contributed by atoms with Crippen molar-refractivity contribution in [3.8, 4) is 0 Å². The molecule has 0 amide bonds. The van der Waals surface area contributed by atoms with E-state index in [4.69, 9.17) is 0 Å². The molecule has 14 heavy (non-hydrogen) atoms. The van der Waals surface area contributed by atoms with Crippen LogP contribution in [0.4, 0.5) is 0 Å². The second-order valence-corrected chi connectivity index (χ2v) is 4.88. The monoisotopic (exact) mass is 216 g/mol. The fourth-order valence-corrected chi connectivity index (χ4v) is 2.16. The maximum Gasteiger partial charge on any atom is 0.247 e. The molecule has 0 unspecified atom stereocenters. The molecule has 5 nitrogen and oxygen atoms in total. The molecule has 0 saturated heterocycles. The van der Waals surface area contributed by atoms with Gasteiger partial charge in [-0.15, -0.1) is 0 Å². The lowest BCUT2D eigenvalue weighted by molar-refractivity contribution is 0.569. The highest BCUT2D eigenvalue weighted by atomic mass is 32.2. The molecule has 1 rings (SSSR count). The lowest BCUT2D eigenvalue weighted by Gasteiger charge is -2.08. The zero-order valence-corrected chi connectivity index (χ0v) is 8.76. The summed E-state index contributed by atoms with van der Waals surface area (Å²) in [5.74, 6) is 0. The molecular weight excluding hydrogens is 204 g/mol. The van der Waals surface area contributed by atoms with Gasteiger partial charge in [-0.05, 0) is 19.9 Å². The fourth-order valence-electron chi connectivity index (χ4n) is 0.942. The molecule has 6 heteroatoms. The molecule has 0 aliphatic carbocycles. The summed E-state index contributed by atoms with van der Waals surface area (Å²) in [7, 11) is -3.50. The Morgan fingerprint density at radius 3 is 2.43 bits per heavy atom. The molecule has 0 fully saturated rings. The van der Waals surface area contributed by atoms with Gasteiger partial charge in [-0.25, -0.2) is 13.1 Å². The maximum absolute atomic E-state index is 11.5. The number of hydrogen-bond acceptors (Lipinski definition) is 3. The number of H-pyrrole nitrogens is 1. The van der Waals surface area contributed by atoms with Crippen molar-refractivity contribution in [2.75, 3.05) is 0 Å². The number of aromatic amines is 1. The van der Waals surface area contributed by atoms with E-state index >= 15 is 0 Å². The van der Waals surface area contributed by atoms with Crippen molar-refractivity contribution >= 4 is 10.0 Å². The predicted molar refractivity (Wildman–Crippen MR) is 52.5 cm³/mol. The van der Waals surface area contributed by atoms with Crippen LogP contribution in [0.25, 0.3) is 0 Å². The Bertz CT molecular complexity index is 441. The van der Waals surface area contributed by atoms with Crippen LogP contribution in [-0.2, 0) is 10.0 Å². The lowest BCUT2D eigenvalue weighted by atomic mass is 10.4. The molecule has 78 valence electrons. The normalized spacial score (nSPS) is 11.9. The van der Waals surface area contributed by atoms with E-state index in [2.05, 4.69) is 9.71 Å². The van der Waals surface area contributed by atoms with Gasteiger partial charge in [-0.3, -0.25) is 4.79 Å². The Kier molecular flexibility index (Phi) is 3.07. The van der Waals surface area contributed by atoms with Crippen LogP contribution in [0.15, 0.2) is 28.0 Å². The highest BCUT2D eigenvalue weighted by molar-refractivity contribution is 7.89. The summed E-state index contributed by atoms with van der Waals surface area (Å²) in [5.41, 5.74) is -0.325. The number of aromatic nitrogens is 1.